The van der Waals surface area contributed by atoms with Crippen LogP contribution in [0.2, 0.25) is 0 Å². The van der Waals surface area contributed by atoms with E-state index in [0.29, 0.717) is 57.7 Å². The average Bonchev–Trinajstić information content (AvgIpc) is 1.56. The van der Waals surface area contributed by atoms with E-state index in [2.05, 4.69) is 248 Å². The van der Waals surface area contributed by atoms with Gasteiger partial charge in [0.05, 0.1) is 62.1 Å². The van der Waals surface area contributed by atoms with Gasteiger partial charge < -0.3 is 31.5 Å². The van der Waals surface area contributed by atoms with Gasteiger partial charge in [0, 0.05) is 137 Å². The van der Waals surface area contributed by atoms with Gasteiger partial charge in [0.2, 0.25) is 0 Å². The molecule has 0 aliphatic carbocycles. The van der Waals surface area contributed by atoms with Crippen molar-refractivity contribution in [2.24, 2.45) is 0 Å². The van der Waals surface area contributed by atoms with Crippen LogP contribution < -0.4 is 0 Å². The minimum absolute atomic E-state index is 0.00426. The highest BCUT2D eigenvalue weighted by atomic mass is 16.3. The molecule has 0 radical (unpaired) electrons. The first-order valence-electron chi connectivity index (χ1n) is 50.5. The summed E-state index contributed by atoms with van der Waals surface area (Å²) < 4.78 is 71.0. The molecule has 30 aromatic rings. The quantitative estimate of drug-likeness (QED) is 0.107. The highest BCUT2D eigenvalue weighted by molar-refractivity contribution is 6.25. The van der Waals surface area contributed by atoms with Crippen LogP contribution in [0.25, 0.3) is 278 Å². The van der Waals surface area contributed by atoms with Crippen molar-refractivity contribution in [2.45, 2.75) is 0 Å². The molecule has 0 amide bonds. The molecule has 16 heteroatoms. The molecule has 0 spiro atoms. The van der Waals surface area contributed by atoms with Crippen LogP contribution in [0.15, 0.2) is 492 Å². The molecular formula is C129H79N13O3. The van der Waals surface area contributed by atoms with Crippen LogP contribution in [-0.4, -0.2) is 63.1 Å². The number of hydrogen-bond donors (Lipinski definition) is 0. The Morgan fingerprint density at radius 1 is 0.172 bits per heavy atom. The van der Waals surface area contributed by atoms with E-state index >= 15 is 0 Å². The molecule has 0 saturated heterocycles. The summed E-state index contributed by atoms with van der Waals surface area (Å²) in [4.78, 5) is 44.1. The van der Waals surface area contributed by atoms with Gasteiger partial charge in [0.25, 0.3) is 0 Å². The van der Waals surface area contributed by atoms with Crippen molar-refractivity contribution in [2.75, 3.05) is 0 Å². The second-order valence-corrected chi connectivity index (χ2v) is 35.8. The van der Waals surface area contributed by atoms with E-state index < -0.39 is 18.1 Å². The molecule has 0 aliphatic rings. The molecule has 145 heavy (non-hydrogen) atoms. The van der Waals surface area contributed by atoms with Gasteiger partial charge in [-0.1, -0.05) is 358 Å². The van der Waals surface area contributed by atoms with Gasteiger partial charge in [-0.05, 0) is 121 Å². The van der Waals surface area contributed by atoms with Crippen LogP contribution in [0.4, 0.5) is 0 Å². The Balaban J connectivity index is 0.000000109. The number of furan rings is 3. The van der Waals surface area contributed by atoms with Crippen LogP contribution >= 0.6 is 0 Å². The molecular weight excluding hydrogens is 1780 g/mol. The Morgan fingerprint density at radius 3 is 1.01 bits per heavy atom. The summed E-state index contributed by atoms with van der Waals surface area (Å²) in [5, 5.41) is 15.5. The van der Waals surface area contributed by atoms with Gasteiger partial charge >= 0.3 is 0 Å². The molecule has 20 aromatic carbocycles. The van der Waals surface area contributed by atoms with Crippen LogP contribution in [0, 0.1) is 0 Å². The predicted octanol–water partition coefficient (Wildman–Crippen LogP) is 32.7. The predicted molar refractivity (Wildman–Crippen MR) is 588 cm³/mol. The Hall–Kier alpha value is -20.0. The van der Waals surface area contributed by atoms with Gasteiger partial charge in [-0.2, -0.15) is 0 Å². The van der Waals surface area contributed by atoms with E-state index in [9.17, 15) is 0 Å². The van der Waals surface area contributed by atoms with E-state index in [1.165, 1.54) is 43.4 Å². The van der Waals surface area contributed by atoms with Crippen LogP contribution in [0.5, 0.6) is 0 Å². The largest absolute Gasteiger partial charge is 0.456 e. The molecule has 16 nitrogen and oxygen atoms in total. The molecule has 0 atom stereocenters. The molecule has 0 fully saturated rings. The Morgan fingerprint density at radius 2 is 0.517 bits per heavy atom. The molecule has 10 heterocycles. The molecule has 0 saturated carbocycles. The number of aromatic nitrogens is 13. The molecule has 0 aliphatic heterocycles. The van der Waals surface area contributed by atoms with E-state index in [4.69, 9.17) is 60.0 Å². The third-order valence-electron chi connectivity index (χ3n) is 27.3. The van der Waals surface area contributed by atoms with Gasteiger partial charge in [-0.25, -0.2) is 44.9 Å². The first kappa shape index (κ1) is 78.0. The molecule has 0 unspecified atom stereocenters. The molecule has 0 bridgehead atoms. The standard InChI is InChI=1S/C51H31N5O.2C39H24N4O/c1-3-16-32(17-4-1)49-52-50(33-18-5-2-6-19-33)54-51(53-49)39-24-15-29-46-47(39)40-30-34(55-41-25-11-7-20-35(41)36-21-8-12-26-42(36)55)31-45(48(40)57-46)56-43-27-13-9-22-37(43)38-23-10-14-28-44(38)56;1-3-12-25(13-4-1)37-40-38(26-14-5-2-6-15-26)42-39(41-37)27-16-11-17-28(24-27)43-32-20-9-7-19-31(32)35-33(43)23-22-30-29-18-8-10-21-34(29)44-36(30)35;1-3-11-25(12-4-1)37-40-38(26-13-5-2-6-14-26)42-39(41-37)27-19-21-31-32-24-28(20-22-35(32)44-36(31)23-27)43-33-17-9-7-15-29(33)30-16-8-10-18-34(30)43/h1-31H;2*1-24H/i;1D,3D,4D,12D,13D;. The fourth-order valence-electron chi connectivity index (χ4n) is 20.9. The number of rotatable bonds is 13. The summed E-state index contributed by atoms with van der Waals surface area (Å²) in [7, 11) is 0. The molecule has 30 rings (SSSR count). The zero-order valence-corrected chi connectivity index (χ0v) is 77.3. The van der Waals surface area contributed by atoms with Gasteiger partial charge in [-0.15, -0.1) is 0 Å². The topological polar surface area (TPSA) is 175 Å². The Kier molecular flexibility index (Phi) is 18.6. The van der Waals surface area contributed by atoms with Crippen molar-refractivity contribution in [1.29, 1.82) is 0 Å². The maximum absolute atomic E-state index is 8.61. The Bertz CT molecular complexity index is 10400. The number of fused-ring (bicyclic) bond motifs is 22. The fourth-order valence-corrected chi connectivity index (χ4v) is 20.9. The molecule has 0 N–H and O–H groups in total. The number of para-hydroxylation sites is 8. The van der Waals surface area contributed by atoms with Crippen molar-refractivity contribution in [1.82, 2.24) is 63.1 Å². The van der Waals surface area contributed by atoms with E-state index in [1.54, 1.807) is 0 Å². The second-order valence-electron chi connectivity index (χ2n) is 35.8. The van der Waals surface area contributed by atoms with Gasteiger partial charge in [0.15, 0.2) is 58.0 Å². The maximum Gasteiger partial charge on any atom is 0.164 e. The third kappa shape index (κ3) is 14.3. The fraction of sp³-hybridized carbons (Fsp3) is 0. The van der Waals surface area contributed by atoms with Crippen LogP contribution in [0.3, 0.4) is 0 Å². The van der Waals surface area contributed by atoms with Crippen molar-refractivity contribution >= 4 is 153 Å². The monoisotopic (exact) mass is 1860 g/mol. The summed E-state index contributed by atoms with van der Waals surface area (Å²) in [6.45, 7) is 0. The number of benzene rings is 20. The summed E-state index contributed by atoms with van der Waals surface area (Å²) in [6.07, 6.45) is 0. The molecule has 10 aromatic heterocycles. The summed E-state index contributed by atoms with van der Waals surface area (Å²) in [6, 6.07) is 151. The van der Waals surface area contributed by atoms with Crippen molar-refractivity contribution in [3.8, 4) is 125 Å². The highest BCUT2D eigenvalue weighted by Gasteiger charge is 2.28. The zero-order valence-electron chi connectivity index (χ0n) is 82.3. The van der Waals surface area contributed by atoms with Crippen LogP contribution in [-0.2, 0) is 0 Å². The number of hydrogen-bond acceptors (Lipinski definition) is 12. The van der Waals surface area contributed by atoms with E-state index in [1.807, 2.05) is 224 Å². The lowest BCUT2D eigenvalue weighted by atomic mass is 10.0. The maximum atomic E-state index is 8.61. The normalized spacial score (nSPS) is 12.2. The SMILES string of the molecule is [2H]c1c([2H])c([2H])c(-c2nc(-c3ccccc3)nc(-c3cccc(-n4c5ccccc5c5c6oc7ccccc7c6ccc54)c3)n2)c([2H])c1[2H].c1ccc(-c2nc(-c3ccccc3)nc(-c3ccc4c(c3)oc3ccc(-n5c6ccccc6c6ccccc65)cc34)n2)cc1.c1ccc(-c2nc(-c3ccccc3)nc(-c3cccc4oc5c(-n6c7ccccc7c7ccccc76)cc(-n6c7ccccc7c7ccccc76)cc5c34)n2)cc1. The van der Waals surface area contributed by atoms with Gasteiger partial charge in [-0.3, -0.25) is 0 Å². The summed E-state index contributed by atoms with van der Waals surface area (Å²) in [5.74, 6) is 4.30. The summed E-state index contributed by atoms with van der Waals surface area (Å²) in [5.41, 5.74) is 24.4. The average molecular weight is 1860 g/mol. The van der Waals surface area contributed by atoms with Crippen molar-refractivity contribution < 1.29 is 20.1 Å². The molecule has 678 valence electrons. The second kappa shape index (κ2) is 34.6. The first-order valence-corrected chi connectivity index (χ1v) is 48.0. The first-order chi connectivity index (χ1) is 74.0. The van der Waals surface area contributed by atoms with E-state index in [0.717, 1.165) is 166 Å². The van der Waals surface area contributed by atoms with Crippen LogP contribution in [0.1, 0.15) is 6.85 Å². The number of nitrogens with zero attached hydrogens (tertiary/aromatic N) is 13. The minimum atomic E-state index is -0.477. The minimum Gasteiger partial charge on any atom is -0.456 e. The van der Waals surface area contributed by atoms with E-state index in [-0.39, 0.29) is 23.5 Å². The lowest BCUT2D eigenvalue weighted by molar-refractivity contribution is 0.666. The smallest absolute Gasteiger partial charge is 0.164 e. The lowest BCUT2D eigenvalue weighted by Gasteiger charge is -2.14. The van der Waals surface area contributed by atoms with Crippen molar-refractivity contribution in [3.05, 3.63) is 479 Å². The van der Waals surface area contributed by atoms with Gasteiger partial charge in [0.1, 0.15) is 27.9 Å². The zero-order chi connectivity index (χ0) is 99.9. The highest BCUT2D eigenvalue weighted by Crippen LogP contribution is 2.48. The third-order valence-corrected chi connectivity index (χ3v) is 27.3. The Labute approximate surface area is 835 Å². The lowest BCUT2D eigenvalue weighted by Crippen LogP contribution is -2.01. The van der Waals surface area contributed by atoms with Crippen molar-refractivity contribution in [3.63, 3.8) is 0 Å². The summed E-state index contributed by atoms with van der Waals surface area (Å²) >= 11 is 0.